The summed E-state index contributed by atoms with van der Waals surface area (Å²) in [6.07, 6.45) is -6.80. The minimum Gasteiger partial charge on any atom is -0.379 e. The summed E-state index contributed by atoms with van der Waals surface area (Å²) < 4.78 is 113. The van der Waals surface area contributed by atoms with Crippen LogP contribution in [-0.4, -0.2) is 30.5 Å². The van der Waals surface area contributed by atoms with Crippen molar-refractivity contribution in [2.75, 3.05) is 11.9 Å². The molecule has 1 nitrogen and oxygen atoms in total. The van der Waals surface area contributed by atoms with Crippen LogP contribution in [0.1, 0.15) is 0 Å². The number of hydrogen-bond donors (Lipinski definition) is 1. The number of hydrogen-bond acceptors (Lipinski definition) is 1. The number of anilines is 1. The van der Waals surface area contributed by atoms with E-state index in [1.165, 1.54) is 18.2 Å². The van der Waals surface area contributed by atoms with Crippen molar-refractivity contribution in [2.45, 2.75) is 23.9 Å². The molecule has 0 atom stereocenters. The average Bonchev–Trinajstić information content (AvgIpc) is 2.36. The SMILES string of the molecule is FC(F)(F)C(F)(F)C(F)(F)C(F)(F)CNc1ccccc1. The van der Waals surface area contributed by atoms with Gasteiger partial charge in [0.15, 0.2) is 0 Å². The fourth-order valence-corrected chi connectivity index (χ4v) is 1.29. The molecule has 0 heterocycles. The van der Waals surface area contributed by atoms with Gasteiger partial charge in [0.05, 0.1) is 6.54 Å². The van der Waals surface area contributed by atoms with E-state index < -0.39 is 30.5 Å². The Kier molecular flexibility index (Phi) is 4.40. The van der Waals surface area contributed by atoms with Crippen LogP contribution in [0.25, 0.3) is 0 Å². The molecule has 0 saturated heterocycles. The molecule has 0 spiro atoms. The number of rotatable bonds is 5. The van der Waals surface area contributed by atoms with Crippen LogP contribution in [-0.2, 0) is 0 Å². The average molecular weight is 325 g/mol. The first-order valence-corrected chi connectivity index (χ1v) is 5.32. The van der Waals surface area contributed by atoms with Gasteiger partial charge in [-0.1, -0.05) is 18.2 Å². The van der Waals surface area contributed by atoms with Gasteiger partial charge in [0.25, 0.3) is 0 Å². The molecule has 0 unspecified atom stereocenters. The normalized spacial score (nSPS) is 14.1. The molecule has 0 aliphatic heterocycles. The van der Waals surface area contributed by atoms with Gasteiger partial charge < -0.3 is 5.32 Å². The summed E-state index contributed by atoms with van der Waals surface area (Å²) in [5, 5.41) is 1.68. The van der Waals surface area contributed by atoms with E-state index in [-0.39, 0.29) is 5.69 Å². The highest BCUT2D eigenvalue weighted by Gasteiger charge is 2.81. The summed E-state index contributed by atoms with van der Waals surface area (Å²) in [5.41, 5.74) is -0.136. The topological polar surface area (TPSA) is 12.0 Å². The molecule has 0 aliphatic rings. The van der Waals surface area contributed by atoms with Gasteiger partial charge in [0, 0.05) is 5.69 Å². The van der Waals surface area contributed by atoms with E-state index in [9.17, 15) is 39.5 Å². The van der Waals surface area contributed by atoms with E-state index in [0.717, 1.165) is 12.1 Å². The van der Waals surface area contributed by atoms with Gasteiger partial charge in [-0.3, -0.25) is 0 Å². The Hall–Kier alpha value is -1.61. The Morgan fingerprint density at radius 3 is 1.62 bits per heavy atom. The molecule has 1 aromatic rings. The van der Waals surface area contributed by atoms with Crippen LogP contribution in [0.3, 0.4) is 0 Å². The minimum atomic E-state index is -6.86. The standard InChI is InChI=1S/C11H8F9N/c12-8(13,6-21-7-4-2-1-3-5-7)9(14,15)10(16,17)11(18,19)20/h1-5,21H,6H2. The van der Waals surface area contributed by atoms with Crippen molar-refractivity contribution in [1.29, 1.82) is 0 Å². The Bertz CT molecular complexity index is 466. The van der Waals surface area contributed by atoms with Gasteiger partial charge in [0.1, 0.15) is 0 Å². The van der Waals surface area contributed by atoms with Gasteiger partial charge in [-0.2, -0.15) is 39.5 Å². The van der Waals surface area contributed by atoms with E-state index in [1.807, 2.05) is 0 Å². The third-order valence-corrected chi connectivity index (χ3v) is 2.50. The van der Waals surface area contributed by atoms with Gasteiger partial charge in [-0.05, 0) is 12.1 Å². The Labute approximate surface area is 112 Å². The predicted octanol–water partition coefficient (Wildman–Crippen LogP) is 4.57. The highest BCUT2D eigenvalue weighted by molar-refractivity contribution is 5.42. The molecule has 1 aromatic carbocycles. The number of halogens is 9. The lowest BCUT2D eigenvalue weighted by Crippen LogP contribution is -2.62. The summed E-state index contributed by atoms with van der Waals surface area (Å²) in [6.45, 7) is -2.09. The van der Waals surface area contributed by atoms with Crippen molar-refractivity contribution in [1.82, 2.24) is 0 Å². The van der Waals surface area contributed by atoms with Crippen molar-refractivity contribution in [3.8, 4) is 0 Å². The monoisotopic (exact) mass is 325 g/mol. The van der Waals surface area contributed by atoms with Crippen LogP contribution in [0.15, 0.2) is 30.3 Å². The molecule has 0 aliphatic carbocycles. The zero-order valence-corrected chi connectivity index (χ0v) is 10.00. The summed E-state index contributed by atoms with van der Waals surface area (Å²) >= 11 is 0. The predicted molar refractivity (Wildman–Crippen MR) is 55.8 cm³/mol. The summed E-state index contributed by atoms with van der Waals surface area (Å²) in [5.74, 6) is -19.1. The third-order valence-electron chi connectivity index (χ3n) is 2.50. The van der Waals surface area contributed by atoms with Crippen molar-refractivity contribution in [3.63, 3.8) is 0 Å². The molecule has 0 bridgehead atoms. The van der Waals surface area contributed by atoms with Gasteiger partial charge in [-0.15, -0.1) is 0 Å². The molecule has 0 aromatic heterocycles. The highest BCUT2D eigenvalue weighted by atomic mass is 19.4. The zero-order valence-electron chi connectivity index (χ0n) is 10.00. The lowest BCUT2D eigenvalue weighted by Gasteiger charge is -2.33. The maximum Gasteiger partial charge on any atom is 0.460 e. The second-order valence-electron chi connectivity index (χ2n) is 4.07. The Balaban J connectivity index is 2.94. The Morgan fingerprint density at radius 1 is 0.714 bits per heavy atom. The Morgan fingerprint density at radius 2 is 1.19 bits per heavy atom. The van der Waals surface area contributed by atoms with Gasteiger partial charge in [-0.25, -0.2) is 0 Å². The first-order chi connectivity index (χ1) is 9.33. The van der Waals surface area contributed by atoms with Crippen molar-refractivity contribution in [2.24, 2.45) is 0 Å². The maximum atomic E-state index is 13.1. The lowest BCUT2D eigenvalue weighted by atomic mass is 10.0. The van der Waals surface area contributed by atoms with Crippen molar-refractivity contribution in [3.05, 3.63) is 30.3 Å². The number of alkyl halides is 9. The number of benzene rings is 1. The van der Waals surface area contributed by atoms with Crippen molar-refractivity contribution < 1.29 is 39.5 Å². The second kappa shape index (κ2) is 5.30. The summed E-state index contributed by atoms with van der Waals surface area (Å²) in [7, 11) is 0. The van der Waals surface area contributed by atoms with E-state index in [1.54, 1.807) is 5.32 Å². The maximum absolute atomic E-state index is 13.1. The molecule has 1 rings (SSSR count). The highest BCUT2D eigenvalue weighted by Crippen LogP contribution is 2.52. The van der Waals surface area contributed by atoms with Crippen LogP contribution < -0.4 is 5.32 Å². The van der Waals surface area contributed by atoms with Crippen LogP contribution in [0.2, 0.25) is 0 Å². The third kappa shape index (κ3) is 3.18. The van der Waals surface area contributed by atoms with E-state index >= 15 is 0 Å². The van der Waals surface area contributed by atoms with Crippen LogP contribution in [0, 0.1) is 0 Å². The molecule has 0 amide bonds. The quantitative estimate of drug-likeness (QED) is 0.782. The van der Waals surface area contributed by atoms with Crippen LogP contribution in [0.5, 0.6) is 0 Å². The first kappa shape index (κ1) is 17.4. The summed E-state index contributed by atoms with van der Waals surface area (Å²) in [6, 6.07) is 6.40. The van der Waals surface area contributed by atoms with Crippen LogP contribution in [0.4, 0.5) is 45.2 Å². The molecular formula is C11H8F9N. The number of para-hydroxylation sites is 1. The van der Waals surface area contributed by atoms with Gasteiger partial charge in [0.2, 0.25) is 0 Å². The summed E-state index contributed by atoms with van der Waals surface area (Å²) in [4.78, 5) is 0. The fourth-order valence-electron chi connectivity index (χ4n) is 1.29. The van der Waals surface area contributed by atoms with Crippen LogP contribution >= 0.6 is 0 Å². The molecule has 0 saturated carbocycles. The van der Waals surface area contributed by atoms with E-state index in [2.05, 4.69) is 0 Å². The van der Waals surface area contributed by atoms with E-state index in [4.69, 9.17) is 0 Å². The molecule has 1 N–H and O–H groups in total. The molecular weight excluding hydrogens is 317 g/mol. The number of nitrogens with one attached hydrogen (secondary N) is 1. The van der Waals surface area contributed by atoms with Gasteiger partial charge >= 0.3 is 23.9 Å². The van der Waals surface area contributed by atoms with E-state index in [0.29, 0.717) is 0 Å². The molecule has 0 radical (unpaired) electrons. The molecule has 120 valence electrons. The lowest BCUT2D eigenvalue weighted by molar-refractivity contribution is -0.393. The zero-order chi connectivity index (χ0) is 16.5. The first-order valence-electron chi connectivity index (χ1n) is 5.32. The van der Waals surface area contributed by atoms with Crippen molar-refractivity contribution >= 4 is 5.69 Å². The molecule has 10 heteroatoms. The second-order valence-corrected chi connectivity index (χ2v) is 4.07. The molecule has 21 heavy (non-hydrogen) atoms. The largest absolute Gasteiger partial charge is 0.460 e. The molecule has 0 fully saturated rings. The fraction of sp³-hybridized carbons (Fsp3) is 0.455. The minimum absolute atomic E-state index is 0.136. The smallest absolute Gasteiger partial charge is 0.379 e.